The van der Waals surface area contributed by atoms with Gasteiger partial charge in [0.2, 0.25) is 5.91 Å². The average molecular weight is 428 g/mol. The van der Waals surface area contributed by atoms with E-state index < -0.39 is 0 Å². The first-order valence-corrected chi connectivity index (χ1v) is 11.4. The molecule has 5 heteroatoms. The number of carbonyl (C=O) groups excluding carboxylic acids is 2. The summed E-state index contributed by atoms with van der Waals surface area (Å²) in [7, 11) is 1.81. The molecule has 2 amide bonds. The van der Waals surface area contributed by atoms with Gasteiger partial charge in [0.05, 0.1) is 5.69 Å². The van der Waals surface area contributed by atoms with Gasteiger partial charge < -0.3 is 14.4 Å². The quantitative estimate of drug-likeness (QED) is 0.556. The summed E-state index contributed by atoms with van der Waals surface area (Å²) in [5.74, 6) is 0.154. The Bertz CT molecular complexity index is 1230. The number of aromatic nitrogens is 1. The van der Waals surface area contributed by atoms with Crippen molar-refractivity contribution in [2.45, 2.75) is 51.7 Å². The molecular formula is C27H29N3O2. The molecule has 3 heterocycles. The predicted molar refractivity (Wildman–Crippen MR) is 129 cm³/mol. The van der Waals surface area contributed by atoms with Crippen LogP contribution >= 0.6 is 0 Å². The van der Waals surface area contributed by atoms with Gasteiger partial charge in [0.25, 0.3) is 5.91 Å². The van der Waals surface area contributed by atoms with Gasteiger partial charge in [-0.1, -0.05) is 36.4 Å². The minimum atomic E-state index is -0.00456. The maximum atomic E-state index is 13.3. The zero-order chi connectivity index (χ0) is 22.4. The van der Waals surface area contributed by atoms with Crippen molar-refractivity contribution in [1.82, 2.24) is 9.47 Å². The van der Waals surface area contributed by atoms with E-state index in [-0.39, 0.29) is 23.9 Å². The molecule has 2 aliphatic rings. The van der Waals surface area contributed by atoms with E-state index in [1.54, 1.807) is 4.90 Å². The van der Waals surface area contributed by atoms with Gasteiger partial charge in [-0.25, -0.2) is 0 Å². The fourth-order valence-corrected chi connectivity index (χ4v) is 5.36. The van der Waals surface area contributed by atoms with E-state index in [2.05, 4.69) is 24.8 Å². The molecule has 1 aromatic heterocycles. The van der Waals surface area contributed by atoms with E-state index in [1.165, 1.54) is 6.42 Å². The number of hydrogen-bond donors (Lipinski definition) is 0. The van der Waals surface area contributed by atoms with Gasteiger partial charge in [-0.05, 0) is 51.3 Å². The van der Waals surface area contributed by atoms with Crippen LogP contribution in [-0.4, -0.2) is 40.4 Å². The Morgan fingerprint density at radius 1 is 1.03 bits per heavy atom. The molecule has 0 N–H and O–H groups in total. The van der Waals surface area contributed by atoms with Crippen molar-refractivity contribution in [1.29, 1.82) is 0 Å². The van der Waals surface area contributed by atoms with Crippen LogP contribution in [0.4, 0.5) is 5.69 Å². The van der Waals surface area contributed by atoms with Crippen LogP contribution in [0, 0.1) is 0 Å². The van der Waals surface area contributed by atoms with Crippen LogP contribution in [0.25, 0.3) is 22.6 Å². The van der Waals surface area contributed by atoms with Gasteiger partial charge in [0.15, 0.2) is 0 Å². The molecule has 5 rings (SSSR count). The molecule has 1 fully saturated rings. The van der Waals surface area contributed by atoms with E-state index in [0.717, 1.165) is 40.6 Å². The molecule has 5 nitrogen and oxygen atoms in total. The van der Waals surface area contributed by atoms with E-state index in [1.807, 2.05) is 66.4 Å². The summed E-state index contributed by atoms with van der Waals surface area (Å²) < 4.78 is 2.03. The van der Waals surface area contributed by atoms with Gasteiger partial charge in [-0.2, -0.15) is 0 Å². The Morgan fingerprint density at radius 3 is 2.50 bits per heavy atom. The summed E-state index contributed by atoms with van der Waals surface area (Å²) in [4.78, 5) is 30.0. The number of fused-ring (bicyclic) bond motifs is 2. The molecule has 0 unspecified atom stereocenters. The normalized spacial score (nSPS) is 22.1. The smallest absolute Gasteiger partial charge is 0.258 e. The highest BCUT2D eigenvalue weighted by Crippen LogP contribution is 2.37. The largest absolute Gasteiger partial charge is 0.337 e. The van der Waals surface area contributed by atoms with Crippen LogP contribution < -0.4 is 4.90 Å². The molecule has 32 heavy (non-hydrogen) atoms. The van der Waals surface area contributed by atoms with Gasteiger partial charge in [-0.3, -0.25) is 9.59 Å². The van der Waals surface area contributed by atoms with E-state index in [9.17, 15) is 9.59 Å². The maximum Gasteiger partial charge on any atom is 0.258 e. The number of likely N-dealkylation sites (N-methyl/N-ethyl adjacent to an activating group) is 1. The number of hydrogen-bond acceptors (Lipinski definition) is 2. The van der Waals surface area contributed by atoms with Gasteiger partial charge in [0, 0.05) is 52.9 Å². The molecule has 0 spiro atoms. The number of piperidine rings is 1. The van der Waals surface area contributed by atoms with Crippen molar-refractivity contribution in [3.05, 3.63) is 65.9 Å². The Kier molecular flexibility index (Phi) is 5.12. The van der Waals surface area contributed by atoms with Gasteiger partial charge >= 0.3 is 0 Å². The Hall–Kier alpha value is -3.34. The third kappa shape index (κ3) is 3.32. The maximum absolute atomic E-state index is 13.3. The number of carbonyl (C=O) groups is 2. The van der Waals surface area contributed by atoms with E-state index >= 15 is 0 Å². The third-order valence-corrected chi connectivity index (χ3v) is 7.00. The highest BCUT2D eigenvalue weighted by molar-refractivity contribution is 6.36. The number of para-hydroxylation sites is 2. The standard InChI is InChI=1S/C27H29N3O2/c1-18-9-8-10-19(2)30(18)26(31)17-29-16-20(21-11-4-7-14-25(21)29)15-23-22-12-5-6-13-24(22)28(3)27(23)32/h4-7,11-16,18-19H,8-10,17H2,1-3H3/b23-15+/t18-,19-/m1/s1. The molecule has 3 aromatic rings. The first-order chi connectivity index (χ1) is 15.5. The molecule has 0 aliphatic carbocycles. The minimum absolute atomic E-state index is 0.00456. The fraction of sp³-hybridized carbons (Fsp3) is 0.333. The van der Waals surface area contributed by atoms with Crippen LogP contribution in [-0.2, 0) is 16.1 Å². The summed E-state index contributed by atoms with van der Waals surface area (Å²) in [6.07, 6.45) is 7.30. The molecule has 164 valence electrons. The highest BCUT2D eigenvalue weighted by Gasteiger charge is 2.31. The van der Waals surface area contributed by atoms with Crippen molar-refractivity contribution >= 4 is 40.1 Å². The zero-order valence-electron chi connectivity index (χ0n) is 18.9. The summed E-state index contributed by atoms with van der Waals surface area (Å²) in [5.41, 5.74) is 4.54. The molecule has 0 radical (unpaired) electrons. The molecular weight excluding hydrogens is 398 g/mol. The minimum Gasteiger partial charge on any atom is -0.337 e. The van der Waals surface area contributed by atoms with Gasteiger partial charge in [0.1, 0.15) is 6.54 Å². The second-order valence-electron chi connectivity index (χ2n) is 9.10. The SMILES string of the molecule is C[C@@H]1CCC[C@@H](C)N1C(=O)Cn1cc(/C=C2/C(=O)N(C)c3ccccc32)c2ccccc21. The number of amides is 2. The fourth-order valence-electron chi connectivity index (χ4n) is 5.36. The van der Waals surface area contributed by atoms with Crippen molar-refractivity contribution in [2.24, 2.45) is 0 Å². The van der Waals surface area contributed by atoms with Crippen molar-refractivity contribution in [2.75, 3.05) is 11.9 Å². The van der Waals surface area contributed by atoms with Gasteiger partial charge in [-0.15, -0.1) is 0 Å². The lowest BCUT2D eigenvalue weighted by Gasteiger charge is -2.39. The molecule has 0 saturated carbocycles. The second-order valence-corrected chi connectivity index (χ2v) is 9.10. The van der Waals surface area contributed by atoms with Crippen LogP contribution in [0.2, 0.25) is 0 Å². The van der Waals surface area contributed by atoms with Crippen molar-refractivity contribution in [3.63, 3.8) is 0 Å². The molecule has 2 atom stereocenters. The number of benzene rings is 2. The third-order valence-electron chi connectivity index (χ3n) is 7.00. The van der Waals surface area contributed by atoms with Crippen LogP contribution in [0.15, 0.2) is 54.7 Å². The average Bonchev–Trinajstić information content (AvgIpc) is 3.24. The van der Waals surface area contributed by atoms with Crippen molar-refractivity contribution < 1.29 is 9.59 Å². The molecule has 1 saturated heterocycles. The summed E-state index contributed by atoms with van der Waals surface area (Å²) >= 11 is 0. The summed E-state index contributed by atoms with van der Waals surface area (Å²) in [6, 6.07) is 16.5. The van der Waals surface area contributed by atoms with Crippen molar-refractivity contribution in [3.8, 4) is 0 Å². The summed E-state index contributed by atoms with van der Waals surface area (Å²) in [6.45, 7) is 4.61. The zero-order valence-corrected chi connectivity index (χ0v) is 18.9. The van der Waals surface area contributed by atoms with E-state index in [4.69, 9.17) is 0 Å². The topological polar surface area (TPSA) is 45.6 Å². The number of anilines is 1. The van der Waals surface area contributed by atoms with Crippen LogP contribution in [0.1, 0.15) is 44.2 Å². The predicted octanol–water partition coefficient (Wildman–Crippen LogP) is 4.95. The van der Waals surface area contributed by atoms with Crippen LogP contribution in [0.3, 0.4) is 0 Å². The Morgan fingerprint density at radius 2 is 1.72 bits per heavy atom. The first kappa shape index (κ1) is 20.6. The Labute approximate surface area is 188 Å². The number of likely N-dealkylation sites (tertiary alicyclic amines) is 1. The van der Waals surface area contributed by atoms with E-state index in [0.29, 0.717) is 12.1 Å². The number of rotatable bonds is 3. The first-order valence-electron chi connectivity index (χ1n) is 11.4. The summed E-state index contributed by atoms with van der Waals surface area (Å²) in [5, 5.41) is 1.05. The molecule has 2 aromatic carbocycles. The lowest BCUT2D eigenvalue weighted by molar-refractivity contribution is -0.137. The van der Waals surface area contributed by atoms with Crippen LogP contribution in [0.5, 0.6) is 0 Å². The number of nitrogens with zero attached hydrogens (tertiary/aromatic N) is 3. The highest BCUT2D eigenvalue weighted by atomic mass is 16.2. The Balaban J connectivity index is 1.54. The lowest BCUT2D eigenvalue weighted by Crippen LogP contribution is -2.48. The lowest BCUT2D eigenvalue weighted by atomic mass is 9.97. The molecule has 2 aliphatic heterocycles. The second kappa shape index (κ2) is 7.97. The monoisotopic (exact) mass is 427 g/mol. The molecule has 0 bridgehead atoms.